The first-order valence-electron chi connectivity index (χ1n) is 8.59. The average molecular weight is 351 g/mol. The molecule has 1 fully saturated rings. The zero-order chi connectivity index (χ0) is 16.2. The molecule has 1 saturated heterocycles. The summed E-state index contributed by atoms with van der Waals surface area (Å²) < 4.78 is 0. The van der Waals surface area contributed by atoms with E-state index < -0.39 is 0 Å². The molecule has 6 heteroatoms. The number of nitrogens with one attached hydrogen (secondary N) is 2. The maximum atomic E-state index is 12.9. The highest BCUT2D eigenvalue weighted by molar-refractivity contribution is 5.90. The summed E-state index contributed by atoms with van der Waals surface area (Å²) in [6.45, 7) is 4.10. The van der Waals surface area contributed by atoms with Crippen LogP contribution in [0, 0.1) is 0 Å². The van der Waals surface area contributed by atoms with E-state index >= 15 is 0 Å². The van der Waals surface area contributed by atoms with Crippen LogP contribution in [0.15, 0.2) is 24.3 Å². The quantitative estimate of drug-likeness (QED) is 0.675. The minimum atomic E-state index is -0.298. The predicted octanol–water partition coefficient (Wildman–Crippen LogP) is -1.78. The van der Waals surface area contributed by atoms with Crippen LogP contribution < -0.4 is 23.0 Å². The molecule has 0 bridgehead atoms. The van der Waals surface area contributed by atoms with Crippen molar-refractivity contribution >= 4 is 11.8 Å². The van der Waals surface area contributed by atoms with Gasteiger partial charge in [0.25, 0.3) is 0 Å². The molecule has 0 aliphatic carbocycles. The molecular formula is C18H25ClN3O2-. The van der Waals surface area contributed by atoms with Crippen molar-refractivity contribution in [3.63, 3.8) is 0 Å². The molecule has 0 radical (unpaired) electrons. The van der Waals surface area contributed by atoms with Gasteiger partial charge in [-0.25, -0.2) is 0 Å². The van der Waals surface area contributed by atoms with Gasteiger partial charge in [0, 0.05) is 19.6 Å². The number of carbonyl (C=O) groups is 2. The molecule has 24 heavy (non-hydrogen) atoms. The highest BCUT2D eigenvalue weighted by Crippen LogP contribution is 2.22. The monoisotopic (exact) mass is 350 g/mol. The molecule has 2 aliphatic rings. The Morgan fingerprint density at radius 2 is 2.04 bits per heavy atom. The third-order valence-corrected chi connectivity index (χ3v) is 4.77. The van der Waals surface area contributed by atoms with Gasteiger partial charge in [-0.05, 0) is 36.8 Å². The van der Waals surface area contributed by atoms with Gasteiger partial charge >= 0.3 is 0 Å². The number of carbonyl (C=O) groups excluding carboxylic acids is 2. The summed E-state index contributed by atoms with van der Waals surface area (Å²) in [6, 6.07) is 7.71. The third kappa shape index (κ3) is 3.90. The Labute approximate surface area is 149 Å². The number of hydrogen-bond acceptors (Lipinski definition) is 3. The van der Waals surface area contributed by atoms with Crippen LogP contribution >= 0.6 is 0 Å². The molecule has 132 valence electrons. The summed E-state index contributed by atoms with van der Waals surface area (Å²) in [4.78, 5) is 26.9. The van der Waals surface area contributed by atoms with Crippen LogP contribution in [-0.2, 0) is 22.6 Å². The lowest BCUT2D eigenvalue weighted by molar-refractivity contribution is -0.140. The second-order valence-electron chi connectivity index (χ2n) is 6.39. The molecule has 2 heterocycles. The number of hydrogen-bond donors (Lipinski definition) is 2. The zero-order valence-corrected chi connectivity index (χ0v) is 14.8. The number of rotatable bonds is 4. The molecule has 0 aromatic heterocycles. The van der Waals surface area contributed by atoms with E-state index in [2.05, 4.69) is 22.8 Å². The topological polar surface area (TPSA) is 61.4 Å². The third-order valence-electron chi connectivity index (χ3n) is 4.77. The van der Waals surface area contributed by atoms with E-state index in [0.29, 0.717) is 26.1 Å². The number of benzene rings is 1. The van der Waals surface area contributed by atoms with Gasteiger partial charge in [-0.15, -0.1) is 0 Å². The maximum absolute atomic E-state index is 12.9. The number of halogens is 1. The van der Waals surface area contributed by atoms with E-state index in [9.17, 15) is 9.59 Å². The van der Waals surface area contributed by atoms with Gasteiger partial charge in [-0.1, -0.05) is 31.2 Å². The van der Waals surface area contributed by atoms with Crippen LogP contribution in [0.5, 0.6) is 0 Å². The number of amides is 2. The molecule has 2 amide bonds. The summed E-state index contributed by atoms with van der Waals surface area (Å²) in [7, 11) is 0. The van der Waals surface area contributed by atoms with E-state index in [1.54, 1.807) is 4.90 Å². The van der Waals surface area contributed by atoms with Crippen molar-refractivity contribution in [3.8, 4) is 0 Å². The molecule has 3 rings (SSSR count). The van der Waals surface area contributed by atoms with Crippen molar-refractivity contribution in [3.05, 3.63) is 35.4 Å². The Bertz CT molecular complexity index is 593. The molecule has 2 atom stereocenters. The standard InChI is InChI=1S/C18H25N3O2.ClH/c1-2-9-19-17(22)16-8-5-10-21(16)18(23)15-11-13-6-3-4-7-14(13)12-20-15;/h3-4,6-7,15-16,20H,2,5,8-12H2,1H3,(H,19,22);1H/p-1/t15-,16-;/m0./s1. The fourth-order valence-electron chi connectivity index (χ4n) is 3.50. The van der Waals surface area contributed by atoms with Gasteiger partial charge in [0.15, 0.2) is 0 Å². The fraction of sp³-hybridized carbons (Fsp3) is 0.556. The molecule has 5 nitrogen and oxygen atoms in total. The largest absolute Gasteiger partial charge is 1.00 e. The SMILES string of the molecule is CCCNC(=O)[C@@H]1CCCN1C(=O)[C@@H]1Cc2ccccc2CN1.[Cl-]. The molecule has 1 aromatic rings. The van der Waals surface area contributed by atoms with Gasteiger partial charge in [-0.2, -0.15) is 0 Å². The first-order chi connectivity index (χ1) is 11.2. The number of likely N-dealkylation sites (tertiary alicyclic amines) is 1. The maximum Gasteiger partial charge on any atom is 0.242 e. The Hall–Kier alpha value is -1.59. The Kier molecular flexibility index (Phi) is 6.63. The van der Waals surface area contributed by atoms with Crippen molar-refractivity contribution in [2.45, 2.75) is 51.2 Å². The van der Waals surface area contributed by atoms with Crippen LogP contribution in [0.4, 0.5) is 0 Å². The van der Waals surface area contributed by atoms with E-state index in [-0.39, 0.29) is 36.3 Å². The van der Waals surface area contributed by atoms with Crippen LogP contribution in [0.1, 0.15) is 37.3 Å². The van der Waals surface area contributed by atoms with Crippen LogP contribution in [0.25, 0.3) is 0 Å². The molecular weight excluding hydrogens is 326 g/mol. The summed E-state index contributed by atoms with van der Waals surface area (Å²) >= 11 is 0. The Balaban J connectivity index is 0.00000208. The lowest BCUT2D eigenvalue weighted by Crippen LogP contribution is -3.00. The van der Waals surface area contributed by atoms with Crippen molar-refractivity contribution in [2.24, 2.45) is 0 Å². The lowest BCUT2D eigenvalue weighted by atomic mass is 9.95. The highest BCUT2D eigenvalue weighted by Gasteiger charge is 2.37. The Morgan fingerprint density at radius 3 is 2.79 bits per heavy atom. The van der Waals surface area contributed by atoms with Crippen LogP contribution in [0.3, 0.4) is 0 Å². The van der Waals surface area contributed by atoms with E-state index in [1.807, 2.05) is 19.1 Å². The number of fused-ring (bicyclic) bond motifs is 1. The molecule has 0 saturated carbocycles. The van der Waals surface area contributed by atoms with Crippen molar-refractivity contribution in [1.29, 1.82) is 0 Å². The van der Waals surface area contributed by atoms with Gasteiger partial charge in [0.1, 0.15) is 6.04 Å². The van der Waals surface area contributed by atoms with Gasteiger partial charge in [-0.3, -0.25) is 9.59 Å². The summed E-state index contributed by atoms with van der Waals surface area (Å²) in [6.07, 6.45) is 3.28. The zero-order valence-electron chi connectivity index (χ0n) is 14.1. The van der Waals surface area contributed by atoms with Gasteiger partial charge in [0.2, 0.25) is 11.8 Å². The molecule has 0 unspecified atom stereocenters. The minimum absolute atomic E-state index is 0. The number of nitrogens with zero attached hydrogens (tertiary/aromatic N) is 1. The summed E-state index contributed by atoms with van der Waals surface area (Å²) in [5.41, 5.74) is 2.49. The summed E-state index contributed by atoms with van der Waals surface area (Å²) in [5, 5.41) is 6.26. The van der Waals surface area contributed by atoms with Crippen molar-refractivity contribution in [2.75, 3.05) is 13.1 Å². The molecule has 1 aromatic carbocycles. The lowest BCUT2D eigenvalue weighted by Gasteiger charge is -2.31. The molecule has 2 N–H and O–H groups in total. The minimum Gasteiger partial charge on any atom is -1.00 e. The second kappa shape index (κ2) is 8.49. The highest BCUT2D eigenvalue weighted by atomic mass is 35.5. The smallest absolute Gasteiger partial charge is 0.242 e. The van der Waals surface area contributed by atoms with Gasteiger partial charge in [0.05, 0.1) is 6.04 Å². The average Bonchev–Trinajstić information content (AvgIpc) is 3.08. The van der Waals surface area contributed by atoms with Crippen molar-refractivity contribution < 1.29 is 22.0 Å². The normalized spacial score (nSPS) is 22.5. The van der Waals surface area contributed by atoms with Crippen LogP contribution in [-0.4, -0.2) is 41.9 Å². The molecule has 0 spiro atoms. The van der Waals surface area contributed by atoms with Crippen LogP contribution in [0.2, 0.25) is 0 Å². The first kappa shape index (κ1) is 18.7. The predicted molar refractivity (Wildman–Crippen MR) is 88.8 cm³/mol. The Morgan fingerprint density at radius 1 is 1.29 bits per heavy atom. The van der Waals surface area contributed by atoms with E-state index in [4.69, 9.17) is 0 Å². The fourth-order valence-corrected chi connectivity index (χ4v) is 3.50. The molecule has 2 aliphatic heterocycles. The van der Waals surface area contributed by atoms with Crippen molar-refractivity contribution in [1.82, 2.24) is 15.5 Å². The van der Waals surface area contributed by atoms with E-state index in [0.717, 1.165) is 19.3 Å². The second-order valence-corrected chi connectivity index (χ2v) is 6.39. The summed E-state index contributed by atoms with van der Waals surface area (Å²) in [5.74, 6) is 0.0579. The van der Waals surface area contributed by atoms with Gasteiger partial charge < -0.3 is 27.9 Å². The first-order valence-corrected chi connectivity index (χ1v) is 8.59. The van der Waals surface area contributed by atoms with E-state index in [1.165, 1.54) is 11.1 Å².